The summed E-state index contributed by atoms with van der Waals surface area (Å²) < 4.78 is 62.0. The smallest absolute Gasteiger partial charge is 0.390 e. The summed E-state index contributed by atoms with van der Waals surface area (Å²) in [6, 6.07) is 2.36. The lowest BCUT2D eigenvalue weighted by molar-refractivity contribution is -0.137. The zero-order chi connectivity index (χ0) is 14.8. The van der Waals surface area contributed by atoms with Crippen molar-refractivity contribution < 1.29 is 21.6 Å². The van der Waals surface area contributed by atoms with E-state index in [1.54, 1.807) is 0 Å². The van der Waals surface area contributed by atoms with Gasteiger partial charge in [-0.05, 0) is 25.1 Å². The molecule has 0 aliphatic rings. The average molecular weight is 317 g/mol. The van der Waals surface area contributed by atoms with E-state index in [2.05, 4.69) is 0 Å². The summed E-state index contributed by atoms with van der Waals surface area (Å²) in [6.07, 6.45) is -5.72. The van der Waals surface area contributed by atoms with E-state index in [9.17, 15) is 21.6 Å². The molecular weight excluding hydrogens is 305 g/mol. The molecule has 0 saturated carbocycles. The third-order valence-electron chi connectivity index (χ3n) is 2.14. The third kappa shape index (κ3) is 4.88. The van der Waals surface area contributed by atoms with E-state index in [-0.39, 0.29) is 15.6 Å². The zero-order valence-corrected chi connectivity index (χ0v) is 11.4. The first-order chi connectivity index (χ1) is 8.51. The number of nitrogen functional groups attached to an aromatic ring is 1. The second kappa shape index (κ2) is 5.56. The van der Waals surface area contributed by atoms with Crippen LogP contribution in [-0.2, 0) is 10.0 Å². The molecule has 9 heteroatoms. The minimum absolute atomic E-state index is 0.147. The molecule has 0 spiro atoms. The number of nitrogens with one attached hydrogen (secondary N) is 1. The van der Waals surface area contributed by atoms with Crippen LogP contribution in [0.4, 0.5) is 18.9 Å². The SMILES string of the molecule is CC(CC(F)(F)F)NS(=O)(=O)c1ccc(N)cc1Cl. The minimum Gasteiger partial charge on any atom is -0.399 e. The van der Waals surface area contributed by atoms with E-state index in [0.29, 0.717) is 0 Å². The molecule has 0 aliphatic heterocycles. The predicted octanol–water partition coefficient (Wildman–Crippen LogP) is 2.54. The van der Waals surface area contributed by atoms with E-state index >= 15 is 0 Å². The largest absolute Gasteiger partial charge is 0.399 e. The van der Waals surface area contributed by atoms with Crippen LogP contribution in [-0.4, -0.2) is 20.6 Å². The predicted molar refractivity (Wildman–Crippen MR) is 66.3 cm³/mol. The first-order valence-corrected chi connectivity index (χ1v) is 7.01. The summed E-state index contributed by atoms with van der Waals surface area (Å²) in [6.45, 7) is 1.12. The summed E-state index contributed by atoms with van der Waals surface area (Å²) in [5.41, 5.74) is 5.66. The fourth-order valence-corrected chi connectivity index (χ4v) is 3.25. The molecular formula is C10H12ClF3N2O2S. The number of hydrogen-bond donors (Lipinski definition) is 2. The highest BCUT2D eigenvalue weighted by atomic mass is 35.5. The fourth-order valence-electron chi connectivity index (χ4n) is 1.45. The molecule has 0 saturated heterocycles. The van der Waals surface area contributed by atoms with Crippen molar-refractivity contribution >= 4 is 27.3 Å². The molecule has 0 bridgehead atoms. The normalized spacial score (nSPS) is 14.4. The Hall–Kier alpha value is -0.990. The van der Waals surface area contributed by atoms with Crippen molar-refractivity contribution in [3.05, 3.63) is 23.2 Å². The van der Waals surface area contributed by atoms with Gasteiger partial charge in [0.2, 0.25) is 10.0 Å². The summed E-state index contributed by atoms with van der Waals surface area (Å²) >= 11 is 5.71. The van der Waals surface area contributed by atoms with Crippen molar-refractivity contribution in [1.29, 1.82) is 0 Å². The van der Waals surface area contributed by atoms with E-state index in [4.69, 9.17) is 17.3 Å². The molecule has 1 aromatic rings. The van der Waals surface area contributed by atoms with Gasteiger partial charge < -0.3 is 5.73 Å². The van der Waals surface area contributed by atoms with Gasteiger partial charge in [0.1, 0.15) is 4.90 Å². The van der Waals surface area contributed by atoms with Crippen molar-refractivity contribution in [2.24, 2.45) is 0 Å². The molecule has 19 heavy (non-hydrogen) atoms. The lowest BCUT2D eigenvalue weighted by Crippen LogP contribution is -2.36. The molecule has 108 valence electrons. The van der Waals surface area contributed by atoms with E-state index < -0.39 is 28.7 Å². The summed E-state index contributed by atoms with van der Waals surface area (Å²) in [7, 11) is -4.12. The van der Waals surface area contributed by atoms with Crippen molar-refractivity contribution in [3.63, 3.8) is 0 Å². The van der Waals surface area contributed by atoms with Crippen LogP contribution in [0.25, 0.3) is 0 Å². The Kier molecular flexibility index (Phi) is 4.70. The Bertz CT molecular complexity index is 560. The first-order valence-electron chi connectivity index (χ1n) is 5.15. The molecule has 0 radical (unpaired) electrons. The van der Waals surface area contributed by atoms with Crippen LogP contribution in [0, 0.1) is 0 Å². The lowest BCUT2D eigenvalue weighted by atomic mass is 10.2. The van der Waals surface area contributed by atoms with Crippen LogP contribution < -0.4 is 10.5 Å². The monoisotopic (exact) mass is 316 g/mol. The van der Waals surface area contributed by atoms with Crippen LogP contribution >= 0.6 is 11.6 Å². The molecule has 0 aromatic heterocycles. The molecule has 1 atom stereocenters. The van der Waals surface area contributed by atoms with Crippen LogP contribution in [0.5, 0.6) is 0 Å². The number of halogens is 4. The van der Waals surface area contributed by atoms with Gasteiger partial charge in [0.05, 0.1) is 11.4 Å². The van der Waals surface area contributed by atoms with Gasteiger partial charge in [0, 0.05) is 11.7 Å². The zero-order valence-electron chi connectivity index (χ0n) is 9.83. The number of alkyl halides is 3. The van der Waals surface area contributed by atoms with Gasteiger partial charge in [-0.15, -0.1) is 0 Å². The van der Waals surface area contributed by atoms with Gasteiger partial charge in [0.25, 0.3) is 0 Å². The second-order valence-electron chi connectivity index (χ2n) is 4.03. The maximum atomic E-state index is 12.1. The molecule has 1 aromatic carbocycles. The third-order valence-corrected chi connectivity index (χ3v) is 4.21. The van der Waals surface area contributed by atoms with Gasteiger partial charge in [-0.3, -0.25) is 0 Å². The molecule has 1 unspecified atom stereocenters. The van der Waals surface area contributed by atoms with Crippen LogP contribution in [0.3, 0.4) is 0 Å². The molecule has 4 nitrogen and oxygen atoms in total. The van der Waals surface area contributed by atoms with Crippen molar-refractivity contribution in [3.8, 4) is 0 Å². The van der Waals surface area contributed by atoms with Gasteiger partial charge in [-0.25, -0.2) is 13.1 Å². The van der Waals surface area contributed by atoms with Crippen molar-refractivity contribution in [1.82, 2.24) is 4.72 Å². The highest BCUT2D eigenvalue weighted by molar-refractivity contribution is 7.89. The Morgan fingerprint density at radius 3 is 2.47 bits per heavy atom. The summed E-state index contributed by atoms with van der Waals surface area (Å²) in [5.74, 6) is 0. The molecule has 0 heterocycles. The fraction of sp³-hybridized carbons (Fsp3) is 0.400. The number of benzene rings is 1. The number of anilines is 1. The van der Waals surface area contributed by atoms with Gasteiger partial charge in [-0.2, -0.15) is 13.2 Å². The highest BCUT2D eigenvalue weighted by Gasteiger charge is 2.32. The van der Waals surface area contributed by atoms with E-state index in [1.165, 1.54) is 12.1 Å². The van der Waals surface area contributed by atoms with E-state index in [1.807, 2.05) is 4.72 Å². The maximum absolute atomic E-state index is 12.1. The summed E-state index contributed by atoms with van der Waals surface area (Å²) in [5, 5.41) is -0.147. The van der Waals surface area contributed by atoms with E-state index in [0.717, 1.165) is 13.0 Å². The topological polar surface area (TPSA) is 72.2 Å². The number of hydrogen-bond acceptors (Lipinski definition) is 3. The minimum atomic E-state index is -4.45. The number of rotatable bonds is 4. The van der Waals surface area contributed by atoms with Crippen molar-refractivity contribution in [2.45, 2.75) is 30.5 Å². The standard InChI is InChI=1S/C10H12ClF3N2O2S/c1-6(5-10(12,13)14)16-19(17,18)9-3-2-7(15)4-8(9)11/h2-4,6,16H,5,15H2,1H3. The quantitative estimate of drug-likeness (QED) is 0.838. The number of sulfonamides is 1. The Labute approximate surface area is 113 Å². The molecule has 3 N–H and O–H groups in total. The summed E-state index contributed by atoms with van der Waals surface area (Å²) in [4.78, 5) is -0.308. The Morgan fingerprint density at radius 1 is 1.42 bits per heavy atom. The molecule has 0 amide bonds. The van der Waals surface area contributed by atoms with Crippen molar-refractivity contribution in [2.75, 3.05) is 5.73 Å². The first kappa shape index (κ1) is 16.1. The Balaban J connectivity index is 2.93. The van der Waals surface area contributed by atoms with Crippen LogP contribution in [0.2, 0.25) is 5.02 Å². The Morgan fingerprint density at radius 2 is 2.00 bits per heavy atom. The second-order valence-corrected chi connectivity index (χ2v) is 6.12. The van der Waals surface area contributed by atoms with Crippen LogP contribution in [0.15, 0.2) is 23.1 Å². The van der Waals surface area contributed by atoms with Gasteiger partial charge in [0.15, 0.2) is 0 Å². The lowest BCUT2D eigenvalue weighted by Gasteiger charge is -2.16. The maximum Gasteiger partial charge on any atom is 0.390 e. The molecule has 0 fully saturated rings. The van der Waals surface area contributed by atoms with Gasteiger partial charge in [-0.1, -0.05) is 11.6 Å². The number of nitrogens with two attached hydrogens (primary N) is 1. The molecule has 1 rings (SSSR count). The highest BCUT2D eigenvalue weighted by Crippen LogP contribution is 2.25. The average Bonchev–Trinajstić information content (AvgIpc) is 2.11. The van der Waals surface area contributed by atoms with Gasteiger partial charge >= 0.3 is 6.18 Å². The molecule has 0 aliphatic carbocycles. The van der Waals surface area contributed by atoms with Crippen LogP contribution in [0.1, 0.15) is 13.3 Å².